The van der Waals surface area contributed by atoms with Gasteiger partial charge in [0.15, 0.2) is 0 Å². The number of hydrogen-bond donors (Lipinski definition) is 2. The Kier molecular flexibility index (Phi) is 7.06. The highest BCUT2D eigenvalue weighted by Crippen LogP contribution is 2.30. The first-order valence-corrected chi connectivity index (χ1v) is 8.32. The van der Waals surface area contributed by atoms with Crippen LogP contribution in [0.1, 0.15) is 11.1 Å². The summed E-state index contributed by atoms with van der Waals surface area (Å²) in [5.41, 5.74) is 5.59. The van der Waals surface area contributed by atoms with E-state index in [4.69, 9.17) is 10.5 Å². The first-order valence-electron chi connectivity index (χ1n) is 8.32. The molecular formula is C19H21F3N2O3. The number of ether oxygens (including phenoxy) is 1. The Morgan fingerprint density at radius 2 is 1.74 bits per heavy atom. The van der Waals surface area contributed by atoms with Crippen molar-refractivity contribution in [2.24, 2.45) is 5.73 Å². The molecule has 0 fully saturated rings. The van der Waals surface area contributed by atoms with Gasteiger partial charge in [-0.2, -0.15) is 13.2 Å². The molecule has 1 unspecified atom stereocenters. The van der Waals surface area contributed by atoms with Gasteiger partial charge in [-0.1, -0.05) is 30.3 Å². The third-order valence-electron chi connectivity index (χ3n) is 3.88. The van der Waals surface area contributed by atoms with E-state index in [1.165, 1.54) is 17.0 Å². The minimum absolute atomic E-state index is 0.0389. The Labute approximate surface area is 155 Å². The van der Waals surface area contributed by atoms with Crippen LogP contribution in [0.3, 0.4) is 0 Å². The molecule has 2 aromatic carbocycles. The van der Waals surface area contributed by atoms with Gasteiger partial charge in [0.2, 0.25) is 0 Å². The molecule has 2 amide bonds. The number of aliphatic hydroxyl groups is 1. The van der Waals surface area contributed by atoms with Gasteiger partial charge in [-0.05, 0) is 36.2 Å². The van der Waals surface area contributed by atoms with E-state index in [0.29, 0.717) is 13.0 Å². The largest absolute Gasteiger partial charge is 0.491 e. The minimum Gasteiger partial charge on any atom is -0.491 e. The minimum atomic E-state index is -4.42. The fourth-order valence-electron chi connectivity index (χ4n) is 2.44. The number of halogens is 3. The number of carbonyl (C=O) groups excluding carboxylic acids is 1. The van der Waals surface area contributed by atoms with E-state index in [2.05, 4.69) is 0 Å². The van der Waals surface area contributed by atoms with Crippen molar-refractivity contribution in [1.82, 2.24) is 4.90 Å². The molecule has 0 aromatic heterocycles. The normalized spacial score (nSPS) is 12.4. The Morgan fingerprint density at radius 3 is 2.30 bits per heavy atom. The first-order chi connectivity index (χ1) is 12.8. The van der Waals surface area contributed by atoms with E-state index in [9.17, 15) is 23.1 Å². The number of benzene rings is 2. The fraction of sp³-hybridized carbons (Fsp3) is 0.316. The van der Waals surface area contributed by atoms with Gasteiger partial charge in [0, 0.05) is 6.54 Å². The van der Waals surface area contributed by atoms with E-state index in [-0.39, 0.29) is 18.9 Å². The predicted molar refractivity (Wildman–Crippen MR) is 94.2 cm³/mol. The SMILES string of the molecule is NC(=O)N(CCc1ccccc1)CC(O)COc1ccc(C(F)(F)F)cc1. The second-order valence-corrected chi connectivity index (χ2v) is 6.01. The van der Waals surface area contributed by atoms with Crippen LogP contribution in [-0.4, -0.2) is 41.8 Å². The highest BCUT2D eigenvalue weighted by molar-refractivity contribution is 5.72. The lowest BCUT2D eigenvalue weighted by Gasteiger charge is -2.23. The molecule has 0 bridgehead atoms. The molecule has 0 saturated heterocycles. The van der Waals surface area contributed by atoms with Gasteiger partial charge >= 0.3 is 12.2 Å². The zero-order valence-electron chi connectivity index (χ0n) is 14.5. The Bertz CT molecular complexity index is 721. The molecule has 146 valence electrons. The van der Waals surface area contributed by atoms with E-state index in [1.54, 1.807) is 0 Å². The number of nitrogens with two attached hydrogens (primary N) is 1. The second kappa shape index (κ2) is 9.27. The summed E-state index contributed by atoms with van der Waals surface area (Å²) in [5.74, 6) is 0.192. The van der Waals surface area contributed by atoms with Crippen LogP contribution in [-0.2, 0) is 12.6 Å². The van der Waals surface area contributed by atoms with Gasteiger partial charge in [-0.3, -0.25) is 0 Å². The van der Waals surface area contributed by atoms with Crippen LogP contribution in [0.2, 0.25) is 0 Å². The van der Waals surface area contributed by atoms with E-state index in [0.717, 1.165) is 17.7 Å². The van der Waals surface area contributed by atoms with E-state index in [1.807, 2.05) is 30.3 Å². The van der Waals surface area contributed by atoms with Crippen LogP contribution in [0, 0.1) is 0 Å². The fourth-order valence-corrected chi connectivity index (χ4v) is 2.44. The van der Waals surface area contributed by atoms with Crippen LogP contribution in [0.5, 0.6) is 5.75 Å². The number of carbonyl (C=O) groups is 1. The summed E-state index contributed by atoms with van der Waals surface area (Å²) in [4.78, 5) is 12.9. The Balaban J connectivity index is 1.83. The number of urea groups is 1. The van der Waals surface area contributed by atoms with Crippen molar-refractivity contribution in [3.63, 3.8) is 0 Å². The maximum absolute atomic E-state index is 12.5. The summed E-state index contributed by atoms with van der Waals surface area (Å²) in [7, 11) is 0. The molecule has 0 spiro atoms. The number of amides is 2. The number of nitrogens with zero attached hydrogens (tertiary/aromatic N) is 1. The summed E-state index contributed by atoms with van der Waals surface area (Å²) < 4.78 is 42.8. The quantitative estimate of drug-likeness (QED) is 0.737. The third-order valence-corrected chi connectivity index (χ3v) is 3.88. The van der Waals surface area contributed by atoms with Crippen molar-refractivity contribution < 1.29 is 27.8 Å². The second-order valence-electron chi connectivity index (χ2n) is 6.01. The van der Waals surface area contributed by atoms with Gasteiger partial charge in [0.25, 0.3) is 0 Å². The highest BCUT2D eigenvalue weighted by atomic mass is 19.4. The van der Waals surface area contributed by atoms with Crippen molar-refractivity contribution in [1.29, 1.82) is 0 Å². The standard InChI is InChI=1S/C19H21F3N2O3/c20-19(21,22)15-6-8-17(9-7-15)27-13-16(25)12-24(18(23)26)11-10-14-4-2-1-3-5-14/h1-9,16,25H,10-13H2,(H2,23,26). The number of alkyl halides is 3. The average Bonchev–Trinajstić information content (AvgIpc) is 2.63. The summed E-state index contributed by atoms with van der Waals surface area (Å²) in [6.07, 6.45) is -4.87. The Hall–Kier alpha value is -2.74. The molecule has 0 aliphatic carbocycles. The van der Waals surface area contributed by atoms with E-state index < -0.39 is 23.9 Å². The predicted octanol–water partition coefficient (Wildman–Crippen LogP) is 3.07. The summed E-state index contributed by atoms with van der Waals surface area (Å²) in [6, 6.07) is 13.0. The molecular weight excluding hydrogens is 361 g/mol. The van der Waals surface area contributed by atoms with Crippen LogP contribution in [0.4, 0.5) is 18.0 Å². The van der Waals surface area contributed by atoms with Crippen LogP contribution in [0.25, 0.3) is 0 Å². The maximum Gasteiger partial charge on any atom is 0.416 e. The van der Waals surface area contributed by atoms with Crippen molar-refractivity contribution >= 4 is 6.03 Å². The summed E-state index contributed by atoms with van der Waals surface area (Å²) in [5, 5.41) is 10.1. The third kappa shape index (κ3) is 6.82. The van der Waals surface area contributed by atoms with Gasteiger partial charge < -0.3 is 20.5 Å². The molecule has 2 aromatic rings. The number of hydrogen-bond acceptors (Lipinski definition) is 3. The summed E-state index contributed by atoms with van der Waals surface area (Å²) >= 11 is 0. The van der Waals surface area contributed by atoms with Gasteiger partial charge in [0.1, 0.15) is 18.5 Å². The Morgan fingerprint density at radius 1 is 1.11 bits per heavy atom. The lowest BCUT2D eigenvalue weighted by molar-refractivity contribution is -0.137. The van der Waals surface area contributed by atoms with Crippen LogP contribution < -0.4 is 10.5 Å². The molecule has 1 atom stereocenters. The first kappa shape index (κ1) is 20.6. The van der Waals surface area contributed by atoms with Crippen LogP contribution >= 0.6 is 0 Å². The number of aliphatic hydroxyl groups excluding tert-OH is 1. The molecule has 0 aliphatic rings. The molecule has 0 aliphatic heterocycles. The van der Waals surface area contributed by atoms with Gasteiger partial charge in [0.05, 0.1) is 12.1 Å². The van der Waals surface area contributed by atoms with Crippen molar-refractivity contribution in [3.8, 4) is 5.75 Å². The molecule has 0 radical (unpaired) electrons. The molecule has 27 heavy (non-hydrogen) atoms. The lowest BCUT2D eigenvalue weighted by Crippen LogP contribution is -2.43. The molecule has 0 saturated carbocycles. The number of rotatable bonds is 8. The average molecular weight is 382 g/mol. The lowest BCUT2D eigenvalue weighted by atomic mass is 10.1. The molecule has 5 nitrogen and oxygen atoms in total. The van der Waals surface area contributed by atoms with E-state index >= 15 is 0 Å². The zero-order valence-corrected chi connectivity index (χ0v) is 14.5. The topological polar surface area (TPSA) is 75.8 Å². The number of primary amides is 1. The monoisotopic (exact) mass is 382 g/mol. The van der Waals surface area contributed by atoms with Gasteiger partial charge in [-0.25, -0.2) is 4.79 Å². The van der Waals surface area contributed by atoms with Crippen molar-refractivity contribution in [3.05, 3.63) is 65.7 Å². The van der Waals surface area contributed by atoms with Crippen molar-refractivity contribution in [2.75, 3.05) is 19.7 Å². The smallest absolute Gasteiger partial charge is 0.416 e. The maximum atomic E-state index is 12.5. The molecule has 3 N–H and O–H groups in total. The van der Waals surface area contributed by atoms with Crippen molar-refractivity contribution in [2.45, 2.75) is 18.7 Å². The van der Waals surface area contributed by atoms with Crippen LogP contribution in [0.15, 0.2) is 54.6 Å². The molecule has 0 heterocycles. The summed E-state index contributed by atoms with van der Waals surface area (Å²) in [6.45, 7) is 0.111. The highest BCUT2D eigenvalue weighted by Gasteiger charge is 2.30. The zero-order chi connectivity index (χ0) is 19.9. The van der Waals surface area contributed by atoms with Gasteiger partial charge in [-0.15, -0.1) is 0 Å². The molecule has 8 heteroatoms. The molecule has 2 rings (SSSR count).